The number of benzene rings is 2. The van der Waals surface area contributed by atoms with Crippen LogP contribution in [0.4, 0.5) is 0 Å². The van der Waals surface area contributed by atoms with Gasteiger partial charge in [0.2, 0.25) is 6.10 Å². The van der Waals surface area contributed by atoms with Crippen molar-refractivity contribution in [2.24, 2.45) is 0 Å². The Morgan fingerprint density at radius 2 is 1.88 bits per heavy atom. The van der Waals surface area contributed by atoms with Gasteiger partial charge in [0, 0.05) is 6.42 Å². The normalized spacial score (nSPS) is 18.4. The first-order valence-corrected chi connectivity index (χ1v) is 8.29. The van der Waals surface area contributed by atoms with Crippen molar-refractivity contribution in [1.29, 1.82) is 0 Å². The van der Waals surface area contributed by atoms with E-state index >= 15 is 0 Å². The van der Waals surface area contributed by atoms with Crippen LogP contribution in [0.15, 0.2) is 42.5 Å². The second-order valence-corrected chi connectivity index (χ2v) is 6.11. The van der Waals surface area contributed by atoms with Crippen molar-refractivity contribution in [3.8, 4) is 17.2 Å². The number of carbonyl (C=O) groups is 2. The number of ether oxygens (including phenoxy) is 3. The number of fused-ring (bicyclic) bond motifs is 2. The Hall–Kier alpha value is -3.22. The predicted octanol–water partition coefficient (Wildman–Crippen LogP) is 1.70. The topological polar surface area (TPSA) is 94.1 Å². The molecule has 2 aromatic rings. The highest BCUT2D eigenvalue weighted by atomic mass is 16.6. The molecule has 7 heteroatoms. The molecule has 0 radical (unpaired) electrons. The standard InChI is InChI=1S/C19H17NO6/c21-18(16-10-25-14-3-1-2-4-15(14)26-16)20-17(19(22)23)12-5-6-13-11(9-12)7-8-24-13/h1-6,9,16-17H,7-8,10H2,(H,20,21)(H,22,23). The van der Waals surface area contributed by atoms with Crippen LogP contribution < -0.4 is 19.5 Å². The zero-order valence-electron chi connectivity index (χ0n) is 13.8. The first kappa shape index (κ1) is 16.3. The van der Waals surface area contributed by atoms with E-state index in [-0.39, 0.29) is 6.61 Å². The van der Waals surface area contributed by atoms with Gasteiger partial charge in [0.15, 0.2) is 17.5 Å². The van der Waals surface area contributed by atoms with Crippen LogP contribution in [0.25, 0.3) is 0 Å². The number of carboxylic acid groups (broad SMARTS) is 1. The van der Waals surface area contributed by atoms with Crippen molar-refractivity contribution in [3.63, 3.8) is 0 Å². The summed E-state index contributed by atoms with van der Waals surface area (Å²) in [4.78, 5) is 24.2. The molecule has 0 aliphatic carbocycles. The smallest absolute Gasteiger partial charge is 0.330 e. The number of nitrogens with one attached hydrogen (secondary N) is 1. The molecular weight excluding hydrogens is 338 g/mol. The fraction of sp³-hybridized carbons (Fsp3) is 0.263. The summed E-state index contributed by atoms with van der Waals surface area (Å²) in [5.41, 5.74) is 1.43. The van der Waals surface area contributed by atoms with Crippen LogP contribution in [-0.2, 0) is 16.0 Å². The molecule has 2 N–H and O–H groups in total. The van der Waals surface area contributed by atoms with Gasteiger partial charge in [-0.1, -0.05) is 18.2 Å². The Kier molecular flexibility index (Phi) is 4.12. The molecule has 1 amide bonds. The summed E-state index contributed by atoms with van der Waals surface area (Å²) in [5, 5.41) is 12.1. The molecule has 7 nitrogen and oxygen atoms in total. The Labute approximate surface area is 149 Å². The number of amides is 1. The number of hydrogen-bond donors (Lipinski definition) is 2. The van der Waals surface area contributed by atoms with E-state index in [0.29, 0.717) is 23.7 Å². The maximum atomic E-state index is 12.5. The summed E-state index contributed by atoms with van der Waals surface area (Å²) in [6.07, 6.45) is -0.190. The maximum absolute atomic E-state index is 12.5. The minimum Gasteiger partial charge on any atom is -0.493 e. The molecule has 26 heavy (non-hydrogen) atoms. The number of carboxylic acids is 1. The molecule has 2 heterocycles. The second-order valence-electron chi connectivity index (χ2n) is 6.11. The molecule has 4 rings (SSSR count). The fourth-order valence-electron chi connectivity index (χ4n) is 3.06. The highest BCUT2D eigenvalue weighted by Crippen LogP contribution is 2.31. The first-order chi connectivity index (χ1) is 12.6. The summed E-state index contributed by atoms with van der Waals surface area (Å²) in [6, 6.07) is 11.0. The van der Waals surface area contributed by atoms with Crippen molar-refractivity contribution >= 4 is 11.9 Å². The van der Waals surface area contributed by atoms with E-state index in [2.05, 4.69) is 5.32 Å². The van der Waals surface area contributed by atoms with Crippen LogP contribution in [0.1, 0.15) is 17.2 Å². The average Bonchev–Trinajstić information content (AvgIpc) is 3.13. The number of aliphatic carboxylic acids is 1. The van der Waals surface area contributed by atoms with E-state index < -0.39 is 24.0 Å². The zero-order chi connectivity index (χ0) is 18.1. The molecule has 0 saturated heterocycles. The Balaban J connectivity index is 1.50. The van der Waals surface area contributed by atoms with Crippen LogP contribution in [0.3, 0.4) is 0 Å². The van der Waals surface area contributed by atoms with Gasteiger partial charge in [-0.15, -0.1) is 0 Å². The lowest BCUT2D eigenvalue weighted by Crippen LogP contribution is -2.46. The van der Waals surface area contributed by atoms with Crippen molar-refractivity contribution in [1.82, 2.24) is 5.32 Å². The van der Waals surface area contributed by atoms with E-state index in [1.807, 2.05) is 0 Å². The van der Waals surface area contributed by atoms with E-state index in [0.717, 1.165) is 17.7 Å². The van der Waals surface area contributed by atoms with Gasteiger partial charge in [-0.3, -0.25) is 4.79 Å². The quantitative estimate of drug-likeness (QED) is 0.867. The molecule has 0 bridgehead atoms. The molecule has 2 aliphatic heterocycles. The molecule has 0 saturated carbocycles. The van der Waals surface area contributed by atoms with Crippen LogP contribution in [-0.4, -0.2) is 36.3 Å². The van der Waals surface area contributed by atoms with Crippen LogP contribution in [0.5, 0.6) is 17.2 Å². The van der Waals surface area contributed by atoms with Crippen LogP contribution in [0, 0.1) is 0 Å². The number of para-hydroxylation sites is 2. The largest absolute Gasteiger partial charge is 0.493 e. The van der Waals surface area contributed by atoms with Crippen molar-refractivity contribution in [2.45, 2.75) is 18.6 Å². The minimum atomic E-state index is -1.17. The molecule has 2 atom stereocenters. The van der Waals surface area contributed by atoms with Crippen LogP contribution in [0.2, 0.25) is 0 Å². The Morgan fingerprint density at radius 1 is 1.08 bits per heavy atom. The lowest BCUT2D eigenvalue weighted by Gasteiger charge is -2.26. The van der Waals surface area contributed by atoms with Gasteiger partial charge >= 0.3 is 5.97 Å². The van der Waals surface area contributed by atoms with Crippen molar-refractivity contribution in [3.05, 3.63) is 53.6 Å². The second kappa shape index (κ2) is 6.59. The van der Waals surface area contributed by atoms with Crippen molar-refractivity contribution in [2.75, 3.05) is 13.2 Å². The monoisotopic (exact) mass is 355 g/mol. The summed E-state index contributed by atoms with van der Waals surface area (Å²) < 4.78 is 16.6. The number of hydrogen-bond acceptors (Lipinski definition) is 5. The van der Waals surface area contributed by atoms with Gasteiger partial charge in [0.05, 0.1) is 6.61 Å². The van der Waals surface area contributed by atoms with E-state index in [9.17, 15) is 14.7 Å². The van der Waals surface area contributed by atoms with Gasteiger partial charge in [-0.05, 0) is 35.4 Å². The third-order valence-electron chi connectivity index (χ3n) is 4.38. The summed E-state index contributed by atoms with van der Waals surface area (Å²) in [6.45, 7) is 0.600. The zero-order valence-corrected chi connectivity index (χ0v) is 13.8. The molecular formula is C19H17NO6. The van der Waals surface area contributed by atoms with E-state index in [1.165, 1.54) is 0 Å². The summed E-state index contributed by atoms with van der Waals surface area (Å²) >= 11 is 0. The molecule has 2 aliphatic rings. The van der Waals surface area contributed by atoms with Gasteiger partial charge in [-0.2, -0.15) is 0 Å². The number of carbonyl (C=O) groups excluding carboxylic acids is 1. The van der Waals surface area contributed by atoms with Gasteiger partial charge in [0.25, 0.3) is 5.91 Å². The predicted molar refractivity (Wildman–Crippen MR) is 90.5 cm³/mol. The lowest BCUT2D eigenvalue weighted by atomic mass is 10.0. The Bertz CT molecular complexity index is 865. The molecule has 0 fully saturated rings. The van der Waals surface area contributed by atoms with E-state index in [4.69, 9.17) is 14.2 Å². The molecule has 0 spiro atoms. The average molecular weight is 355 g/mol. The number of rotatable bonds is 4. The van der Waals surface area contributed by atoms with Gasteiger partial charge in [0.1, 0.15) is 12.4 Å². The maximum Gasteiger partial charge on any atom is 0.330 e. The minimum absolute atomic E-state index is 0.0210. The van der Waals surface area contributed by atoms with Crippen LogP contribution >= 0.6 is 0 Å². The molecule has 0 aromatic heterocycles. The third-order valence-corrected chi connectivity index (χ3v) is 4.38. The third kappa shape index (κ3) is 3.03. The summed E-state index contributed by atoms with van der Waals surface area (Å²) in [5.74, 6) is 0.0910. The Morgan fingerprint density at radius 3 is 2.69 bits per heavy atom. The lowest BCUT2D eigenvalue weighted by molar-refractivity contribution is -0.143. The SMILES string of the molecule is O=C(NC(C(=O)O)c1ccc2c(c1)CCO2)C1COc2ccccc2O1. The highest BCUT2D eigenvalue weighted by molar-refractivity contribution is 5.87. The van der Waals surface area contributed by atoms with Gasteiger partial charge in [-0.25, -0.2) is 4.79 Å². The first-order valence-electron chi connectivity index (χ1n) is 8.29. The fourth-order valence-corrected chi connectivity index (χ4v) is 3.06. The molecule has 2 unspecified atom stereocenters. The van der Waals surface area contributed by atoms with E-state index in [1.54, 1.807) is 42.5 Å². The molecule has 2 aromatic carbocycles. The highest BCUT2D eigenvalue weighted by Gasteiger charge is 2.31. The van der Waals surface area contributed by atoms with Crippen molar-refractivity contribution < 1.29 is 28.9 Å². The summed E-state index contributed by atoms with van der Waals surface area (Å²) in [7, 11) is 0. The molecule has 134 valence electrons. The van der Waals surface area contributed by atoms with Gasteiger partial charge < -0.3 is 24.6 Å².